The lowest BCUT2D eigenvalue weighted by Crippen LogP contribution is -2.58. The van der Waals surface area contributed by atoms with Crippen LogP contribution in [0.3, 0.4) is 0 Å². The highest BCUT2D eigenvalue weighted by Gasteiger charge is 2.31. The summed E-state index contributed by atoms with van der Waals surface area (Å²) in [7, 11) is 0. The molecule has 0 saturated carbocycles. The summed E-state index contributed by atoms with van der Waals surface area (Å²) in [5.41, 5.74) is 0.747. The van der Waals surface area contributed by atoms with E-state index in [1.807, 2.05) is 26.2 Å². The number of carboxylic acids is 1. The molecule has 0 unspecified atom stereocenters. The van der Waals surface area contributed by atoms with E-state index < -0.39 is 47.9 Å². The van der Waals surface area contributed by atoms with E-state index in [-0.39, 0.29) is 31.1 Å². The number of thioether (sulfide) groups is 1. The van der Waals surface area contributed by atoms with Crippen LogP contribution in [0.25, 0.3) is 0 Å². The molecule has 0 fully saturated rings. The summed E-state index contributed by atoms with van der Waals surface area (Å²) in [6.07, 6.45) is 4.20. The molecule has 0 heterocycles. The summed E-state index contributed by atoms with van der Waals surface area (Å²) >= 11 is 1.52. The molecule has 0 spiro atoms. The van der Waals surface area contributed by atoms with Gasteiger partial charge in [-0.3, -0.25) is 24.0 Å². The minimum absolute atomic E-state index is 0.0139. The van der Waals surface area contributed by atoms with Gasteiger partial charge in [-0.15, -0.1) is 0 Å². The molecule has 1 aromatic carbocycles. The second-order valence-electron chi connectivity index (χ2n) is 10.4. The molecule has 1 aromatic rings. The summed E-state index contributed by atoms with van der Waals surface area (Å²) in [6.45, 7) is 5.56. The van der Waals surface area contributed by atoms with Crippen molar-refractivity contribution in [3.63, 3.8) is 0 Å². The van der Waals surface area contributed by atoms with Gasteiger partial charge < -0.3 is 31.7 Å². The van der Waals surface area contributed by atoms with Crippen molar-refractivity contribution < 1.29 is 33.9 Å². The Kier molecular flexibility index (Phi) is 17.6. The molecule has 5 amide bonds. The minimum atomic E-state index is -1.21. The van der Waals surface area contributed by atoms with E-state index in [1.165, 1.54) is 18.7 Å². The number of aliphatic carboxylic acids is 1. The Hall–Kier alpha value is -3.61. The van der Waals surface area contributed by atoms with Crippen molar-refractivity contribution in [3.05, 3.63) is 35.9 Å². The van der Waals surface area contributed by atoms with E-state index in [0.29, 0.717) is 38.0 Å². The third-order valence-corrected chi connectivity index (χ3v) is 7.00. The highest BCUT2D eigenvalue weighted by Crippen LogP contribution is 2.10. The Bertz CT molecular complexity index is 1020. The fraction of sp³-hybridized carbons (Fsp3) is 0.586. The number of unbranched alkanes of at least 4 members (excludes halogenated alkanes) is 1. The Morgan fingerprint density at radius 3 is 2.02 bits per heavy atom. The van der Waals surface area contributed by atoms with Crippen molar-refractivity contribution in [2.75, 3.05) is 18.6 Å². The number of amides is 5. The maximum atomic E-state index is 13.5. The number of carboxylic acid groups (broad SMARTS) is 1. The molecule has 0 aliphatic rings. The van der Waals surface area contributed by atoms with Gasteiger partial charge >= 0.3 is 5.97 Å². The van der Waals surface area contributed by atoms with Gasteiger partial charge in [-0.25, -0.2) is 4.79 Å². The Labute approximate surface area is 251 Å². The topological polar surface area (TPSA) is 183 Å². The van der Waals surface area contributed by atoms with Crippen LogP contribution in [0.2, 0.25) is 0 Å². The first kappa shape index (κ1) is 36.4. The summed E-state index contributed by atoms with van der Waals surface area (Å²) in [5.74, 6) is -2.53. The number of carbonyl (C=O) groups excluding carboxylic acids is 5. The number of nitrogens with one attached hydrogen (secondary N) is 5. The Morgan fingerprint density at radius 2 is 1.45 bits per heavy atom. The maximum absolute atomic E-state index is 13.5. The zero-order valence-corrected chi connectivity index (χ0v) is 25.6. The lowest BCUT2D eigenvalue weighted by Gasteiger charge is -2.26. The van der Waals surface area contributed by atoms with Gasteiger partial charge in [0.1, 0.15) is 24.2 Å². The van der Waals surface area contributed by atoms with Crippen LogP contribution < -0.4 is 26.6 Å². The molecule has 0 saturated heterocycles. The number of rotatable bonds is 21. The molecular formula is C29H45N5O7S. The molecule has 0 radical (unpaired) electrons. The van der Waals surface area contributed by atoms with E-state index >= 15 is 0 Å². The third-order valence-electron chi connectivity index (χ3n) is 6.36. The molecule has 234 valence electrons. The third kappa shape index (κ3) is 14.9. The van der Waals surface area contributed by atoms with Crippen LogP contribution in [0, 0.1) is 5.92 Å². The van der Waals surface area contributed by atoms with Crippen molar-refractivity contribution in [2.45, 2.75) is 83.5 Å². The first-order valence-corrected chi connectivity index (χ1v) is 15.5. The van der Waals surface area contributed by atoms with Crippen molar-refractivity contribution in [2.24, 2.45) is 5.92 Å². The van der Waals surface area contributed by atoms with Crippen LogP contribution in [0.5, 0.6) is 0 Å². The standard InChI is InChI=1S/C29H45N5O7S/c1-19(2)16-24(33-26(37)22(31-18-35)13-15-42-4)27(38)34-25(17-21-10-6-5-7-11-21)28(39)32-23(29(40)41)12-8-9-14-30-20(3)36/h5-7,10-11,18-19,22-25H,8-9,12-17H2,1-4H3,(H,30,36)(H,31,35)(H,32,39)(H,33,37)(H,34,38)(H,40,41)/t22-,23-,24-,25-/m0/s1. The number of hydrogen-bond acceptors (Lipinski definition) is 7. The fourth-order valence-electron chi connectivity index (χ4n) is 4.18. The van der Waals surface area contributed by atoms with Gasteiger partial charge in [-0.2, -0.15) is 11.8 Å². The van der Waals surface area contributed by atoms with Gasteiger partial charge in [0.05, 0.1) is 0 Å². The van der Waals surface area contributed by atoms with Crippen LogP contribution in [0.1, 0.15) is 58.4 Å². The van der Waals surface area contributed by atoms with Gasteiger partial charge in [0.2, 0.25) is 30.0 Å². The summed E-state index contributed by atoms with van der Waals surface area (Å²) in [4.78, 5) is 73.8. The van der Waals surface area contributed by atoms with E-state index in [9.17, 15) is 33.9 Å². The van der Waals surface area contributed by atoms with Crippen LogP contribution in [-0.2, 0) is 35.2 Å². The maximum Gasteiger partial charge on any atom is 0.326 e. The number of carbonyl (C=O) groups is 6. The lowest BCUT2D eigenvalue weighted by atomic mass is 10.00. The van der Waals surface area contributed by atoms with E-state index in [1.54, 1.807) is 24.3 Å². The molecule has 12 nitrogen and oxygen atoms in total. The second kappa shape index (κ2) is 20.3. The molecule has 6 N–H and O–H groups in total. The predicted molar refractivity (Wildman–Crippen MR) is 162 cm³/mol. The van der Waals surface area contributed by atoms with Gasteiger partial charge in [-0.05, 0) is 55.6 Å². The summed E-state index contributed by atoms with van der Waals surface area (Å²) < 4.78 is 0. The van der Waals surface area contributed by atoms with Crippen LogP contribution in [-0.4, -0.2) is 83.8 Å². The molecule has 42 heavy (non-hydrogen) atoms. The minimum Gasteiger partial charge on any atom is -0.480 e. The Morgan fingerprint density at radius 1 is 0.857 bits per heavy atom. The predicted octanol–water partition coefficient (Wildman–Crippen LogP) is 0.988. The average Bonchev–Trinajstić information content (AvgIpc) is 2.93. The van der Waals surface area contributed by atoms with E-state index in [0.717, 1.165) is 5.56 Å². The smallest absolute Gasteiger partial charge is 0.326 e. The average molecular weight is 608 g/mol. The summed E-state index contributed by atoms with van der Waals surface area (Å²) in [5, 5.41) is 22.8. The molecule has 0 aromatic heterocycles. The molecule has 0 aliphatic heterocycles. The molecule has 1 rings (SSSR count). The normalized spacial score (nSPS) is 13.6. The molecule has 0 bridgehead atoms. The van der Waals surface area contributed by atoms with Crippen LogP contribution >= 0.6 is 11.8 Å². The zero-order chi connectivity index (χ0) is 31.5. The molecular weight excluding hydrogens is 562 g/mol. The van der Waals surface area contributed by atoms with E-state index in [2.05, 4.69) is 26.6 Å². The summed E-state index contributed by atoms with van der Waals surface area (Å²) in [6, 6.07) is 4.86. The number of hydrogen-bond donors (Lipinski definition) is 6. The first-order valence-electron chi connectivity index (χ1n) is 14.1. The monoisotopic (exact) mass is 607 g/mol. The zero-order valence-electron chi connectivity index (χ0n) is 24.8. The lowest BCUT2D eigenvalue weighted by molar-refractivity contribution is -0.142. The van der Waals surface area contributed by atoms with Crippen LogP contribution in [0.4, 0.5) is 0 Å². The molecule has 13 heteroatoms. The van der Waals surface area contributed by atoms with Crippen molar-refractivity contribution in [1.82, 2.24) is 26.6 Å². The van der Waals surface area contributed by atoms with Crippen molar-refractivity contribution in [1.29, 1.82) is 0 Å². The largest absolute Gasteiger partial charge is 0.480 e. The van der Waals surface area contributed by atoms with Gasteiger partial charge in [0, 0.05) is 19.9 Å². The SMILES string of the molecule is CSCC[C@H](NC=O)C(=O)N[C@@H](CC(C)C)C(=O)N[C@@H](Cc1ccccc1)C(=O)N[C@@H](CCCCNC(C)=O)C(=O)O. The fourth-order valence-corrected chi connectivity index (χ4v) is 4.65. The van der Waals surface area contributed by atoms with Crippen LogP contribution in [0.15, 0.2) is 30.3 Å². The van der Waals surface area contributed by atoms with Gasteiger partial charge in [-0.1, -0.05) is 44.2 Å². The van der Waals surface area contributed by atoms with Gasteiger partial charge in [0.15, 0.2) is 0 Å². The van der Waals surface area contributed by atoms with Crippen molar-refractivity contribution >= 4 is 47.8 Å². The second-order valence-corrected chi connectivity index (χ2v) is 11.4. The highest BCUT2D eigenvalue weighted by atomic mass is 32.2. The number of benzene rings is 1. The molecule has 0 aliphatic carbocycles. The van der Waals surface area contributed by atoms with E-state index in [4.69, 9.17) is 0 Å². The van der Waals surface area contributed by atoms with Crippen molar-refractivity contribution in [3.8, 4) is 0 Å². The first-order chi connectivity index (χ1) is 20.0. The molecule has 4 atom stereocenters. The highest BCUT2D eigenvalue weighted by molar-refractivity contribution is 7.98. The van der Waals surface area contributed by atoms with Gasteiger partial charge in [0.25, 0.3) is 0 Å². The Balaban J connectivity index is 3.08. The quantitative estimate of drug-likeness (QED) is 0.0883.